The molecule has 0 saturated heterocycles. The zero-order chi connectivity index (χ0) is 12.8. The molecule has 0 spiro atoms. The molecule has 1 aromatic carbocycles. The average Bonchev–Trinajstić information content (AvgIpc) is 2.25. The van der Waals surface area contributed by atoms with Crippen molar-refractivity contribution < 1.29 is 5.11 Å². The monoisotopic (exact) mass is 235 g/mol. The van der Waals surface area contributed by atoms with Crippen LogP contribution in [0.3, 0.4) is 0 Å². The fourth-order valence-electron chi connectivity index (χ4n) is 1.96. The van der Waals surface area contributed by atoms with E-state index >= 15 is 0 Å². The van der Waals surface area contributed by atoms with Gasteiger partial charge < -0.3 is 10.8 Å². The summed E-state index contributed by atoms with van der Waals surface area (Å²) in [5.74, 6) is 0.163. The Bertz CT molecular complexity index is 351. The van der Waals surface area contributed by atoms with E-state index in [1.165, 1.54) is 0 Å². The maximum atomic E-state index is 9.43. The van der Waals surface area contributed by atoms with Crippen molar-refractivity contribution in [2.45, 2.75) is 25.5 Å². The quantitative estimate of drug-likeness (QED) is 0.515. The Hall–Kier alpha value is -1.39. The van der Waals surface area contributed by atoms with Crippen molar-refractivity contribution in [1.29, 1.82) is 5.41 Å². The number of hydrogen-bond acceptors (Lipinski definition) is 3. The topological polar surface area (TPSA) is 73.3 Å². The standard InChI is InChI=1S/C13H21N3O/c1-10(17)9-16(2)12(8-13(14)15)11-6-4-3-5-7-11/h3-7,10,12,17H,8-9H2,1-2H3,(H3,14,15). The number of nitrogens with one attached hydrogen (secondary N) is 1. The molecule has 0 amide bonds. The number of hydrogen-bond donors (Lipinski definition) is 3. The van der Waals surface area contributed by atoms with Crippen molar-refractivity contribution in [2.24, 2.45) is 5.73 Å². The molecule has 4 N–H and O–H groups in total. The van der Waals surface area contributed by atoms with Crippen LogP contribution in [0.25, 0.3) is 0 Å². The number of aliphatic hydroxyl groups is 1. The molecule has 17 heavy (non-hydrogen) atoms. The molecule has 4 nitrogen and oxygen atoms in total. The summed E-state index contributed by atoms with van der Waals surface area (Å²) in [5, 5.41) is 16.9. The fourth-order valence-corrected chi connectivity index (χ4v) is 1.96. The second kappa shape index (κ2) is 6.37. The van der Waals surface area contributed by atoms with E-state index in [1.807, 2.05) is 42.3 Å². The Balaban J connectivity index is 2.84. The highest BCUT2D eigenvalue weighted by Crippen LogP contribution is 2.22. The summed E-state index contributed by atoms with van der Waals surface area (Å²) >= 11 is 0. The average molecular weight is 235 g/mol. The molecule has 1 aromatic rings. The number of benzene rings is 1. The highest BCUT2D eigenvalue weighted by atomic mass is 16.3. The highest BCUT2D eigenvalue weighted by Gasteiger charge is 2.18. The van der Waals surface area contributed by atoms with Crippen LogP contribution in [-0.2, 0) is 0 Å². The van der Waals surface area contributed by atoms with Crippen molar-refractivity contribution in [3.63, 3.8) is 0 Å². The van der Waals surface area contributed by atoms with Gasteiger partial charge in [-0.15, -0.1) is 0 Å². The minimum Gasteiger partial charge on any atom is -0.392 e. The molecule has 0 fully saturated rings. The first-order valence-electron chi connectivity index (χ1n) is 5.77. The zero-order valence-corrected chi connectivity index (χ0v) is 10.4. The van der Waals surface area contributed by atoms with E-state index in [2.05, 4.69) is 0 Å². The fraction of sp³-hybridized carbons (Fsp3) is 0.462. The van der Waals surface area contributed by atoms with Crippen LogP contribution in [0.2, 0.25) is 0 Å². The van der Waals surface area contributed by atoms with Gasteiger partial charge in [-0.05, 0) is 19.5 Å². The molecule has 0 aromatic heterocycles. The molecule has 0 aliphatic carbocycles. The van der Waals surface area contributed by atoms with Crippen molar-refractivity contribution >= 4 is 5.84 Å². The lowest BCUT2D eigenvalue weighted by Crippen LogP contribution is -2.33. The predicted octanol–water partition coefficient (Wildman–Crippen LogP) is 1.37. The van der Waals surface area contributed by atoms with Gasteiger partial charge in [0.25, 0.3) is 0 Å². The number of amidine groups is 1. The van der Waals surface area contributed by atoms with E-state index in [0.717, 1.165) is 5.56 Å². The third kappa shape index (κ3) is 4.54. The van der Waals surface area contributed by atoms with Gasteiger partial charge in [-0.3, -0.25) is 10.3 Å². The second-order valence-electron chi connectivity index (χ2n) is 4.44. The lowest BCUT2D eigenvalue weighted by molar-refractivity contribution is 0.118. The van der Waals surface area contributed by atoms with Crippen LogP contribution in [0.4, 0.5) is 0 Å². The van der Waals surface area contributed by atoms with Crippen LogP contribution in [0.1, 0.15) is 24.9 Å². The van der Waals surface area contributed by atoms with E-state index < -0.39 is 6.10 Å². The molecule has 0 radical (unpaired) electrons. The van der Waals surface area contributed by atoms with Gasteiger partial charge in [-0.1, -0.05) is 30.3 Å². The highest BCUT2D eigenvalue weighted by molar-refractivity contribution is 5.77. The number of nitrogens with two attached hydrogens (primary N) is 1. The Morgan fingerprint density at radius 1 is 1.41 bits per heavy atom. The number of aliphatic hydroxyl groups excluding tert-OH is 1. The van der Waals surface area contributed by atoms with Crippen LogP contribution < -0.4 is 5.73 Å². The van der Waals surface area contributed by atoms with E-state index in [1.54, 1.807) is 6.92 Å². The Labute approximate surface area is 103 Å². The van der Waals surface area contributed by atoms with Crippen molar-refractivity contribution in [2.75, 3.05) is 13.6 Å². The molecule has 2 atom stereocenters. The maximum absolute atomic E-state index is 9.43. The molecule has 4 heteroatoms. The predicted molar refractivity (Wildman–Crippen MR) is 70.0 cm³/mol. The molecule has 0 aliphatic rings. The van der Waals surface area contributed by atoms with Crippen molar-refractivity contribution in [1.82, 2.24) is 4.90 Å². The van der Waals surface area contributed by atoms with Gasteiger partial charge in [-0.2, -0.15) is 0 Å². The van der Waals surface area contributed by atoms with Gasteiger partial charge in [0.2, 0.25) is 0 Å². The number of nitrogens with zero attached hydrogens (tertiary/aromatic N) is 1. The molecule has 94 valence electrons. The van der Waals surface area contributed by atoms with E-state index in [9.17, 15) is 5.11 Å². The Morgan fingerprint density at radius 3 is 2.47 bits per heavy atom. The summed E-state index contributed by atoms with van der Waals surface area (Å²) < 4.78 is 0. The largest absolute Gasteiger partial charge is 0.392 e. The van der Waals surface area contributed by atoms with Gasteiger partial charge in [0.1, 0.15) is 0 Å². The van der Waals surface area contributed by atoms with Gasteiger partial charge in [-0.25, -0.2) is 0 Å². The summed E-state index contributed by atoms with van der Waals surface area (Å²) in [6.07, 6.45) is 0.0888. The Kier molecular flexibility index (Phi) is 5.12. The van der Waals surface area contributed by atoms with Crippen LogP contribution >= 0.6 is 0 Å². The van der Waals surface area contributed by atoms with Gasteiger partial charge in [0, 0.05) is 19.0 Å². The number of likely N-dealkylation sites (N-methyl/N-ethyl adjacent to an activating group) is 1. The third-order valence-corrected chi connectivity index (χ3v) is 2.68. The summed E-state index contributed by atoms with van der Waals surface area (Å²) in [5.41, 5.74) is 6.61. The summed E-state index contributed by atoms with van der Waals surface area (Å²) in [7, 11) is 1.94. The van der Waals surface area contributed by atoms with E-state index in [4.69, 9.17) is 11.1 Å². The SMILES string of the molecule is CC(O)CN(C)C(CC(=N)N)c1ccccc1. The molecular weight excluding hydrogens is 214 g/mol. The molecule has 0 aliphatic heterocycles. The second-order valence-corrected chi connectivity index (χ2v) is 4.44. The van der Waals surface area contributed by atoms with Gasteiger partial charge in [0.05, 0.1) is 11.9 Å². The first-order valence-corrected chi connectivity index (χ1v) is 5.77. The first-order chi connectivity index (χ1) is 8.00. The normalized spacial score (nSPS) is 14.6. The number of rotatable bonds is 6. The minimum atomic E-state index is -0.391. The lowest BCUT2D eigenvalue weighted by Gasteiger charge is -2.29. The summed E-state index contributed by atoms with van der Waals surface area (Å²) in [6.45, 7) is 2.32. The first kappa shape index (κ1) is 13.7. The minimum absolute atomic E-state index is 0.0447. The smallest absolute Gasteiger partial charge is 0.0924 e. The van der Waals surface area contributed by atoms with Gasteiger partial charge in [0.15, 0.2) is 0 Å². The van der Waals surface area contributed by atoms with E-state index in [0.29, 0.717) is 13.0 Å². The van der Waals surface area contributed by atoms with E-state index in [-0.39, 0.29) is 11.9 Å². The van der Waals surface area contributed by atoms with Crippen LogP contribution in [-0.4, -0.2) is 35.5 Å². The molecule has 0 saturated carbocycles. The summed E-state index contributed by atoms with van der Waals surface area (Å²) in [6, 6.07) is 9.99. The van der Waals surface area contributed by atoms with Crippen LogP contribution in [0.15, 0.2) is 30.3 Å². The van der Waals surface area contributed by atoms with Crippen LogP contribution in [0, 0.1) is 5.41 Å². The van der Waals surface area contributed by atoms with Gasteiger partial charge >= 0.3 is 0 Å². The third-order valence-electron chi connectivity index (χ3n) is 2.68. The van der Waals surface area contributed by atoms with Crippen molar-refractivity contribution in [3.8, 4) is 0 Å². The summed E-state index contributed by atoms with van der Waals surface area (Å²) in [4.78, 5) is 2.03. The van der Waals surface area contributed by atoms with Crippen LogP contribution in [0.5, 0.6) is 0 Å². The van der Waals surface area contributed by atoms with Crippen molar-refractivity contribution in [3.05, 3.63) is 35.9 Å². The Morgan fingerprint density at radius 2 is 2.00 bits per heavy atom. The lowest BCUT2D eigenvalue weighted by atomic mass is 10.0. The molecule has 0 heterocycles. The molecular formula is C13H21N3O. The molecule has 2 unspecified atom stereocenters. The zero-order valence-electron chi connectivity index (χ0n) is 10.4. The molecule has 1 rings (SSSR count). The molecule has 0 bridgehead atoms. The maximum Gasteiger partial charge on any atom is 0.0924 e.